The lowest BCUT2D eigenvalue weighted by atomic mass is 10.1. The molecule has 0 radical (unpaired) electrons. The Bertz CT molecular complexity index is 634. The first kappa shape index (κ1) is 18.8. The van der Waals surface area contributed by atoms with Gasteiger partial charge in [0.2, 0.25) is 0 Å². The van der Waals surface area contributed by atoms with Crippen molar-refractivity contribution in [3.05, 3.63) is 32.6 Å². The molecule has 0 saturated carbocycles. The molecular formula is C11H19N2O8P. The van der Waals surface area contributed by atoms with Crippen molar-refractivity contribution in [3.63, 3.8) is 0 Å². The van der Waals surface area contributed by atoms with E-state index in [9.17, 15) is 19.3 Å². The van der Waals surface area contributed by atoms with Gasteiger partial charge in [0.05, 0.1) is 25.9 Å². The van der Waals surface area contributed by atoms with Gasteiger partial charge in [0.1, 0.15) is 6.35 Å². The molecule has 1 unspecified atom stereocenters. The molecule has 0 aliphatic rings. The summed E-state index contributed by atoms with van der Waals surface area (Å²) in [6.07, 6.45) is -0.0775. The number of aromatic amines is 1. The van der Waals surface area contributed by atoms with Crippen molar-refractivity contribution in [1.29, 1.82) is 0 Å². The largest absolute Gasteiger partial charge is 0.394 e. The predicted octanol–water partition coefficient (Wildman–Crippen LogP) is -2.03. The van der Waals surface area contributed by atoms with Gasteiger partial charge in [-0.2, -0.15) is 0 Å². The minimum absolute atomic E-state index is 0.00513. The topological polar surface area (TPSA) is 162 Å². The second-order valence-electron chi connectivity index (χ2n) is 4.68. The summed E-state index contributed by atoms with van der Waals surface area (Å²) in [5.41, 5.74) is -0.999. The highest BCUT2D eigenvalue weighted by Gasteiger charge is 2.13. The van der Waals surface area contributed by atoms with Crippen LogP contribution in [0.2, 0.25) is 0 Å². The Kier molecular flexibility index (Phi) is 7.14. The van der Waals surface area contributed by atoms with Crippen LogP contribution >= 0.6 is 7.60 Å². The number of aryl methyl sites for hydroxylation is 1. The van der Waals surface area contributed by atoms with Crippen LogP contribution in [0.4, 0.5) is 0 Å². The lowest BCUT2D eigenvalue weighted by molar-refractivity contribution is 0.0884. The van der Waals surface area contributed by atoms with Gasteiger partial charge in [0.15, 0.2) is 0 Å². The van der Waals surface area contributed by atoms with E-state index in [1.165, 1.54) is 6.20 Å². The van der Waals surface area contributed by atoms with E-state index in [1.54, 1.807) is 0 Å². The molecule has 0 saturated heterocycles. The SMILES string of the molecule is O=c1[nH]c(=O)n(CCOCP(=O)(O)O)cc1CCC(O)CO. The minimum atomic E-state index is -4.26. The van der Waals surface area contributed by atoms with Gasteiger partial charge in [-0.05, 0) is 12.8 Å². The summed E-state index contributed by atoms with van der Waals surface area (Å²) in [7, 11) is -4.26. The van der Waals surface area contributed by atoms with Gasteiger partial charge in [0, 0.05) is 11.8 Å². The van der Waals surface area contributed by atoms with E-state index in [4.69, 9.17) is 19.6 Å². The maximum Gasteiger partial charge on any atom is 0.350 e. The zero-order chi connectivity index (χ0) is 16.8. The van der Waals surface area contributed by atoms with Gasteiger partial charge in [-0.25, -0.2) is 4.79 Å². The normalized spacial score (nSPS) is 13.3. The average Bonchev–Trinajstić information content (AvgIpc) is 2.42. The first-order valence-corrected chi connectivity index (χ1v) is 8.26. The molecule has 0 amide bonds. The molecule has 0 aromatic carbocycles. The van der Waals surface area contributed by atoms with E-state index in [1.807, 2.05) is 0 Å². The van der Waals surface area contributed by atoms with Gasteiger partial charge >= 0.3 is 13.3 Å². The van der Waals surface area contributed by atoms with E-state index in [0.29, 0.717) is 0 Å². The number of nitrogens with zero attached hydrogens (tertiary/aromatic N) is 1. The van der Waals surface area contributed by atoms with Crippen molar-refractivity contribution in [1.82, 2.24) is 9.55 Å². The number of hydrogen-bond donors (Lipinski definition) is 5. The smallest absolute Gasteiger partial charge is 0.350 e. The maximum atomic E-state index is 11.6. The molecule has 5 N–H and O–H groups in total. The molecular weight excluding hydrogens is 319 g/mol. The molecule has 1 aromatic rings. The first-order valence-electron chi connectivity index (χ1n) is 6.47. The Morgan fingerprint density at radius 1 is 1.36 bits per heavy atom. The number of nitrogens with one attached hydrogen (secondary N) is 1. The first-order chi connectivity index (χ1) is 10.2. The fourth-order valence-electron chi connectivity index (χ4n) is 1.66. The lowest BCUT2D eigenvalue weighted by Crippen LogP contribution is -2.33. The molecule has 0 spiro atoms. The average molecular weight is 338 g/mol. The number of aromatic nitrogens is 2. The summed E-state index contributed by atoms with van der Waals surface area (Å²) in [6, 6.07) is 0. The third kappa shape index (κ3) is 6.65. The Morgan fingerprint density at radius 2 is 2.05 bits per heavy atom. The van der Waals surface area contributed by atoms with Crippen LogP contribution in [-0.4, -0.2) is 55.2 Å². The Labute approximate surface area is 125 Å². The number of ether oxygens (including phenoxy) is 1. The van der Waals surface area contributed by atoms with Gasteiger partial charge in [-0.3, -0.25) is 18.9 Å². The molecule has 22 heavy (non-hydrogen) atoms. The number of H-pyrrole nitrogens is 1. The summed E-state index contributed by atoms with van der Waals surface area (Å²) >= 11 is 0. The van der Waals surface area contributed by atoms with Gasteiger partial charge in [0.25, 0.3) is 5.56 Å². The van der Waals surface area contributed by atoms with Crippen LogP contribution in [0.25, 0.3) is 0 Å². The molecule has 11 heteroatoms. The second-order valence-corrected chi connectivity index (χ2v) is 6.27. The van der Waals surface area contributed by atoms with E-state index in [-0.39, 0.29) is 31.6 Å². The third-order valence-corrected chi connectivity index (χ3v) is 3.30. The van der Waals surface area contributed by atoms with Crippen molar-refractivity contribution < 1.29 is 29.3 Å². The van der Waals surface area contributed by atoms with E-state index < -0.39 is 37.9 Å². The number of rotatable bonds is 9. The van der Waals surface area contributed by atoms with Crippen LogP contribution in [-0.2, 0) is 22.3 Å². The quantitative estimate of drug-likeness (QED) is 0.254. The summed E-state index contributed by atoms with van der Waals surface area (Å²) in [4.78, 5) is 42.5. The number of aliphatic hydroxyl groups excluding tert-OH is 2. The lowest BCUT2D eigenvalue weighted by Gasteiger charge is -2.10. The molecule has 0 aliphatic heterocycles. The van der Waals surface area contributed by atoms with Crippen molar-refractivity contribution in [2.24, 2.45) is 0 Å². The van der Waals surface area contributed by atoms with Crippen LogP contribution in [0.5, 0.6) is 0 Å². The second kappa shape index (κ2) is 8.37. The molecule has 126 valence electrons. The molecule has 0 aliphatic carbocycles. The standard InChI is InChI=1S/C11H19N2O8P/c14-6-9(15)2-1-8-5-13(11(17)12-10(8)16)3-4-21-7-22(18,19)20/h5,9,14-15H,1-4,6-7H2,(H,12,16,17)(H2,18,19,20). The van der Waals surface area contributed by atoms with Crippen molar-refractivity contribution in [2.75, 3.05) is 19.6 Å². The van der Waals surface area contributed by atoms with Crippen LogP contribution in [0.3, 0.4) is 0 Å². The fraction of sp³-hybridized carbons (Fsp3) is 0.636. The van der Waals surface area contributed by atoms with Crippen LogP contribution < -0.4 is 11.2 Å². The Morgan fingerprint density at radius 3 is 2.64 bits per heavy atom. The zero-order valence-electron chi connectivity index (χ0n) is 11.7. The molecule has 1 atom stereocenters. The number of hydrogen-bond acceptors (Lipinski definition) is 6. The maximum absolute atomic E-state index is 11.6. The highest BCUT2D eigenvalue weighted by molar-refractivity contribution is 7.51. The van der Waals surface area contributed by atoms with Crippen molar-refractivity contribution in [3.8, 4) is 0 Å². The van der Waals surface area contributed by atoms with Gasteiger partial charge in [-0.15, -0.1) is 0 Å². The van der Waals surface area contributed by atoms with Crippen molar-refractivity contribution >= 4 is 7.60 Å². The Balaban J connectivity index is 2.69. The molecule has 10 nitrogen and oxygen atoms in total. The van der Waals surface area contributed by atoms with Gasteiger partial charge in [-0.1, -0.05) is 0 Å². The van der Waals surface area contributed by atoms with Crippen LogP contribution in [0.1, 0.15) is 12.0 Å². The summed E-state index contributed by atoms with van der Waals surface area (Å²) in [6.45, 7) is -0.533. The third-order valence-electron chi connectivity index (χ3n) is 2.78. The zero-order valence-corrected chi connectivity index (χ0v) is 12.6. The molecule has 1 heterocycles. The molecule has 0 fully saturated rings. The predicted molar refractivity (Wildman–Crippen MR) is 75.6 cm³/mol. The van der Waals surface area contributed by atoms with Gasteiger partial charge < -0.3 is 24.7 Å². The highest BCUT2D eigenvalue weighted by atomic mass is 31.2. The number of aliphatic hydroxyl groups is 2. The minimum Gasteiger partial charge on any atom is -0.394 e. The Hall–Kier alpha value is -1.29. The molecule has 1 rings (SSSR count). The molecule has 0 bridgehead atoms. The summed E-state index contributed by atoms with van der Waals surface area (Å²) < 4.78 is 16.5. The van der Waals surface area contributed by atoms with E-state index in [2.05, 4.69) is 4.98 Å². The van der Waals surface area contributed by atoms with Crippen LogP contribution in [0.15, 0.2) is 15.8 Å². The highest BCUT2D eigenvalue weighted by Crippen LogP contribution is 2.33. The fourth-order valence-corrected chi connectivity index (χ4v) is 2.03. The molecule has 1 aromatic heterocycles. The summed E-state index contributed by atoms with van der Waals surface area (Å²) in [5, 5.41) is 18.0. The van der Waals surface area contributed by atoms with Crippen molar-refractivity contribution in [2.45, 2.75) is 25.5 Å². The summed E-state index contributed by atoms with van der Waals surface area (Å²) in [5.74, 6) is 0. The van der Waals surface area contributed by atoms with E-state index in [0.717, 1.165) is 4.57 Å². The monoisotopic (exact) mass is 338 g/mol. The van der Waals surface area contributed by atoms with E-state index >= 15 is 0 Å². The van der Waals surface area contributed by atoms with Crippen LogP contribution in [0, 0.1) is 0 Å².